The molecule has 1 amide bonds. The van der Waals surface area contributed by atoms with Crippen LogP contribution in [0.1, 0.15) is 0 Å². The first kappa shape index (κ1) is 4.72. The summed E-state index contributed by atoms with van der Waals surface area (Å²) in [5, 5.41) is 0. The zero-order valence-electron chi connectivity index (χ0n) is 2.29. The molecule has 3 nitrogen and oxygen atoms in total. The third-order valence-corrected chi connectivity index (χ3v) is 0.193. The zero-order chi connectivity index (χ0) is 4.12. The number of amides is 1. The Balaban J connectivity index is 2.40. The van der Waals surface area contributed by atoms with Gasteiger partial charge in [0.05, 0.1) is 0 Å². The van der Waals surface area contributed by atoms with Gasteiger partial charge < -0.3 is 0 Å². The van der Waals surface area contributed by atoms with Crippen LogP contribution in [0.25, 0.3) is 0 Å². The maximum absolute atomic E-state index is 9.02. The van der Waals surface area contributed by atoms with E-state index >= 15 is 0 Å². The topological polar surface area (TPSA) is 41.1 Å². The summed E-state index contributed by atoms with van der Waals surface area (Å²) in [4.78, 5) is 10.8. The minimum atomic E-state index is 1.27. The molecular formula is CH2ClN2O. The first-order chi connectivity index (χ1) is 2.41. The molecule has 0 spiro atoms. The lowest BCUT2D eigenvalue weighted by Crippen LogP contribution is -2.19. The number of carbonyl (C=O) groups excluding carboxylic acids is 1. The van der Waals surface area contributed by atoms with Gasteiger partial charge in [0.1, 0.15) is 0 Å². The summed E-state index contributed by atoms with van der Waals surface area (Å²) in [6.45, 7) is 0. The van der Waals surface area contributed by atoms with E-state index in [9.17, 15) is 0 Å². The Hall–Kier alpha value is -0.280. The maximum Gasteiger partial charge on any atom is 0.325 e. The summed E-state index contributed by atoms with van der Waals surface area (Å²) in [6.07, 6.45) is 1.27. The molecule has 0 unspecified atom stereocenters. The highest BCUT2D eigenvalue weighted by molar-refractivity contribution is 6.13. The zero-order valence-corrected chi connectivity index (χ0v) is 3.04. The van der Waals surface area contributed by atoms with Crippen molar-refractivity contribution in [3.05, 3.63) is 0 Å². The maximum atomic E-state index is 9.02. The molecule has 0 rings (SSSR count). The summed E-state index contributed by atoms with van der Waals surface area (Å²) in [7, 11) is 0. The van der Waals surface area contributed by atoms with Gasteiger partial charge in [-0.25, -0.2) is 0 Å². The monoisotopic (exact) mass is 93.0 g/mol. The number of hydrazine groups is 1. The van der Waals surface area contributed by atoms with Crippen LogP contribution in [-0.2, 0) is 4.79 Å². The lowest BCUT2D eigenvalue weighted by Gasteiger charge is -1.77. The number of hydrogen-bond donors (Lipinski definition) is 2. The predicted molar refractivity (Wildman–Crippen MR) is 17.8 cm³/mol. The van der Waals surface area contributed by atoms with E-state index in [1.807, 2.05) is 10.4 Å². The van der Waals surface area contributed by atoms with Crippen molar-refractivity contribution in [2.24, 2.45) is 0 Å². The van der Waals surface area contributed by atoms with Crippen molar-refractivity contribution < 1.29 is 4.79 Å². The molecule has 0 aromatic rings. The molecule has 0 saturated carbocycles. The van der Waals surface area contributed by atoms with Crippen LogP contribution in [0.15, 0.2) is 0 Å². The molecule has 0 aromatic heterocycles. The minimum absolute atomic E-state index is 1.27. The summed E-state index contributed by atoms with van der Waals surface area (Å²) in [5.74, 6) is 0. The molecule has 1 radical (unpaired) electrons. The molecule has 0 saturated heterocycles. The lowest BCUT2D eigenvalue weighted by atomic mass is 11.4. The van der Waals surface area contributed by atoms with Crippen LogP contribution in [-0.4, -0.2) is 6.41 Å². The summed E-state index contributed by atoms with van der Waals surface area (Å²) in [5.41, 5.74) is 1.82. The Morgan fingerprint density at radius 1 is 1.80 bits per heavy atom. The number of hydrogen-bond acceptors (Lipinski definition) is 2. The molecule has 4 heteroatoms. The molecule has 0 aromatic carbocycles. The van der Waals surface area contributed by atoms with Crippen LogP contribution in [0.5, 0.6) is 0 Å². The second-order valence-corrected chi connectivity index (χ2v) is 0.511. The average Bonchev–Trinajstić information content (AvgIpc) is 1.41. The van der Waals surface area contributed by atoms with Gasteiger partial charge in [-0.05, 0) is 11.8 Å². The van der Waals surface area contributed by atoms with Gasteiger partial charge in [-0.2, -0.15) is 0 Å². The molecule has 0 aliphatic heterocycles. The van der Waals surface area contributed by atoms with E-state index in [-0.39, 0.29) is 0 Å². The van der Waals surface area contributed by atoms with Crippen molar-refractivity contribution in [3.63, 3.8) is 0 Å². The summed E-state index contributed by atoms with van der Waals surface area (Å²) < 4.78 is 0. The molecule has 0 heterocycles. The van der Waals surface area contributed by atoms with E-state index in [0.717, 1.165) is 0 Å². The van der Waals surface area contributed by atoms with Crippen LogP contribution in [0.2, 0.25) is 0 Å². The van der Waals surface area contributed by atoms with E-state index in [0.29, 0.717) is 0 Å². The van der Waals surface area contributed by atoms with Crippen molar-refractivity contribution in [1.82, 2.24) is 10.4 Å². The molecule has 2 N–H and O–H groups in total. The van der Waals surface area contributed by atoms with Crippen molar-refractivity contribution in [2.45, 2.75) is 0 Å². The van der Waals surface area contributed by atoms with E-state index < -0.39 is 0 Å². The largest absolute Gasteiger partial charge is 0.325 e. The van der Waals surface area contributed by atoms with Crippen molar-refractivity contribution in [1.29, 1.82) is 0 Å². The van der Waals surface area contributed by atoms with Gasteiger partial charge >= 0.3 is 6.41 Å². The fourth-order valence-electron chi connectivity index (χ4n) is 0.0193. The number of nitrogens with one attached hydrogen (secondary N) is 2. The molecule has 29 valence electrons. The van der Waals surface area contributed by atoms with E-state index in [2.05, 4.69) is 11.8 Å². The fourth-order valence-corrected chi connectivity index (χ4v) is 0.0579. The highest BCUT2D eigenvalue weighted by atomic mass is 35.5. The van der Waals surface area contributed by atoms with Gasteiger partial charge in [0, 0.05) is 0 Å². The van der Waals surface area contributed by atoms with Gasteiger partial charge in [-0.15, -0.1) is 4.94 Å². The smallest absolute Gasteiger partial charge is 0.269 e. The van der Waals surface area contributed by atoms with Crippen LogP contribution in [0.3, 0.4) is 0 Å². The predicted octanol–water partition coefficient (Wildman–Crippen LogP) is -0.698. The standard InChI is InChI=1S/CH2ClN2O/c2-4-3-1-5/h4H,(H,3,5). The van der Waals surface area contributed by atoms with Gasteiger partial charge in [-0.3, -0.25) is 10.2 Å². The molecule has 0 bridgehead atoms. The second kappa shape index (κ2) is 3.72. The Bertz CT molecular complexity index is 30.8. The van der Waals surface area contributed by atoms with Crippen LogP contribution in [0.4, 0.5) is 0 Å². The summed E-state index contributed by atoms with van der Waals surface area (Å²) >= 11 is 4.68. The third-order valence-electron chi connectivity index (χ3n) is 0.0983. The molecule has 0 aliphatic rings. The fraction of sp³-hybridized carbons (Fsp3) is 0. The van der Waals surface area contributed by atoms with Crippen LogP contribution in [0, 0.1) is 0 Å². The van der Waals surface area contributed by atoms with E-state index in [4.69, 9.17) is 4.79 Å². The average molecular weight is 93.5 g/mol. The van der Waals surface area contributed by atoms with Crippen molar-refractivity contribution in [2.75, 3.05) is 0 Å². The highest BCUT2D eigenvalue weighted by Gasteiger charge is 1.61. The van der Waals surface area contributed by atoms with Gasteiger partial charge in [-0.1, -0.05) is 0 Å². The van der Waals surface area contributed by atoms with Crippen LogP contribution >= 0.6 is 11.8 Å². The first-order valence-corrected chi connectivity index (χ1v) is 1.27. The summed E-state index contributed by atoms with van der Waals surface area (Å²) in [6, 6.07) is 0. The Morgan fingerprint density at radius 3 is 2.40 bits per heavy atom. The van der Waals surface area contributed by atoms with E-state index in [1.165, 1.54) is 6.41 Å². The minimum Gasteiger partial charge on any atom is -0.269 e. The Morgan fingerprint density at radius 2 is 2.40 bits per heavy atom. The number of rotatable bonds is 2. The SMILES string of the molecule is O=[C]NNCl. The Labute approximate surface area is 34.4 Å². The van der Waals surface area contributed by atoms with Crippen molar-refractivity contribution >= 4 is 18.2 Å². The lowest BCUT2D eigenvalue weighted by molar-refractivity contribution is 0.540. The molecular weight excluding hydrogens is 91.5 g/mol. The highest BCUT2D eigenvalue weighted by Crippen LogP contribution is 1.41. The first-order valence-electron chi connectivity index (χ1n) is 0.893. The van der Waals surface area contributed by atoms with Gasteiger partial charge in [0.25, 0.3) is 0 Å². The Kier molecular flexibility index (Phi) is 3.51. The molecule has 0 fully saturated rings. The van der Waals surface area contributed by atoms with Gasteiger partial charge in [0.2, 0.25) is 0 Å². The second-order valence-electron chi connectivity index (χ2n) is 0.322. The normalized spacial score (nSPS) is 6.60. The number of halogens is 1. The molecule has 5 heavy (non-hydrogen) atoms. The van der Waals surface area contributed by atoms with Crippen molar-refractivity contribution in [3.8, 4) is 0 Å². The van der Waals surface area contributed by atoms with Crippen LogP contribution < -0.4 is 10.4 Å². The molecule has 0 atom stereocenters. The quantitative estimate of drug-likeness (QED) is 0.269. The third kappa shape index (κ3) is 3.72. The van der Waals surface area contributed by atoms with Gasteiger partial charge in [0.15, 0.2) is 0 Å². The van der Waals surface area contributed by atoms with E-state index in [1.54, 1.807) is 0 Å². The molecule has 0 aliphatic carbocycles.